The molecule has 0 saturated heterocycles. The zero-order valence-corrected chi connectivity index (χ0v) is 19.2. The Kier molecular flexibility index (Phi) is 7.76. The van der Waals surface area contributed by atoms with Gasteiger partial charge in [0.15, 0.2) is 11.6 Å². The van der Waals surface area contributed by atoms with Crippen molar-refractivity contribution in [2.75, 3.05) is 0 Å². The molecule has 0 spiro atoms. The fourth-order valence-electron chi connectivity index (χ4n) is 3.57. The van der Waals surface area contributed by atoms with Gasteiger partial charge in [-0.25, -0.2) is 9.48 Å². The van der Waals surface area contributed by atoms with Crippen molar-refractivity contribution in [2.45, 2.75) is 25.6 Å². The SMILES string of the molecule is O=C(O)CC(NC(=O)OCc1ccccc1)C(=O)Cn1nnnc1-c1cccc(-c2ccccc2)c1. The predicted molar refractivity (Wildman–Crippen MR) is 129 cm³/mol. The van der Waals surface area contributed by atoms with E-state index in [0.29, 0.717) is 11.4 Å². The largest absolute Gasteiger partial charge is 0.481 e. The van der Waals surface area contributed by atoms with Gasteiger partial charge in [0.1, 0.15) is 19.2 Å². The second-order valence-electron chi connectivity index (χ2n) is 7.93. The van der Waals surface area contributed by atoms with Gasteiger partial charge in [0.05, 0.1) is 6.42 Å². The Morgan fingerprint density at radius 2 is 1.56 bits per heavy atom. The van der Waals surface area contributed by atoms with Crippen molar-refractivity contribution < 1.29 is 24.2 Å². The molecule has 1 unspecified atom stereocenters. The zero-order chi connectivity index (χ0) is 25.3. The Labute approximate surface area is 206 Å². The average molecular weight is 486 g/mol. The van der Waals surface area contributed by atoms with E-state index in [2.05, 4.69) is 20.8 Å². The number of aromatic nitrogens is 4. The van der Waals surface area contributed by atoms with Crippen LogP contribution in [0.1, 0.15) is 12.0 Å². The minimum atomic E-state index is -1.32. The van der Waals surface area contributed by atoms with E-state index in [1.54, 1.807) is 24.3 Å². The van der Waals surface area contributed by atoms with Crippen molar-refractivity contribution in [3.05, 3.63) is 90.5 Å². The number of rotatable bonds is 10. The van der Waals surface area contributed by atoms with Crippen LogP contribution in [-0.2, 0) is 27.5 Å². The first-order valence-electron chi connectivity index (χ1n) is 11.1. The highest BCUT2D eigenvalue weighted by Crippen LogP contribution is 2.24. The molecule has 182 valence electrons. The number of Topliss-reactive ketones (excluding diaryl/α,β-unsaturated/α-hetero) is 1. The highest BCUT2D eigenvalue weighted by molar-refractivity contribution is 5.90. The Bertz CT molecular complexity index is 1340. The smallest absolute Gasteiger partial charge is 0.408 e. The van der Waals surface area contributed by atoms with Gasteiger partial charge in [-0.3, -0.25) is 9.59 Å². The Morgan fingerprint density at radius 1 is 0.889 bits per heavy atom. The van der Waals surface area contributed by atoms with Gasteiger partial charge in [-0.15, -0.1) is 5.10 Å². The molecule has 0 radical (unpaired) electrons. The van der Waals surface area contributed by atoms with Crippen LogP contribution < -0.4 is 5.32 Å². The van der Waals surface area contributed by atoms with Crippen LogP contribution in [-0.4, -0.2) is 49.2 Å². The van der Waals surface area contributed by atoms with Crippen LogP contribution in [0.4, 0.5) is 4.79 Å². The first kappa shape index (κ1) is 24.3. The van der Waals surface area contributed by atoms with Crippen LogP contribution in [0.2, 0.25) is 0 Å². The number of hydrogen-bond donors (Lipinski definition) is 2. The quantitative estimate of drug-likeness (QED) is 0.349. The summed E-state index contributed by atoms with van der Waals surface area (Å²) in [5.74, 6) is -1.49. The van der Waals surface area contributed by atoms with Crippen molar-refractivity contribution in [1.82, 2.24) is 25.5 Å². The number of nitrogens with one attached hydrogen (secondary N) is 1. The number of ether oxygens (including phenoxy) is 1. The number of amides is 1. The fourth-order valence-corrected chi connectivity index (χ4v) is 3.57. The number of ketones is 1. The summed E-state index contributed by atoms with van der Waals surface area (Å²) in [6.45, 7) is -0.357. The van der Waals surface area contributed by atoms with E-state index in [0.717, 1.165) is 16.7 Å². The van der Waals surface area contributed by atoms with Crippen molar-refractivity contribution in [3.8, 4) is 22.5 Å². The highest BCUT2D eigenvalue weighted by Gasteiger charge is 2.26. The first-order chi connectivity index (χ1) is 17.5. The molecule has 1 heterocycles. The van der Waals surface area contributed by atoms with E-state index in [1.807, 2.05) is 60.7 Å². The monoisotopic (exact) mass is 485 g/mol. The molecule has 10 nitrogen and oxygen atoms in total. The van der Waals surface area contributed by atoms with Crippen molar-refractivity contribution in [3.63, 3.8) is 0 Å². The second-order valence-corrected chi connectivity index (χ2v) is 7.93. The number of benzene rings is 3. The number of carbonyl (C=O) groups is 3. The van der Waals surface area contributed by atoms with E-state index in [4.69, 9.17) is 4.74 Å². The number of alkyl carbamates (subject to hydrolysis) is 1. The molecule has 0 fully saturated rings. The lowest BCUT2D eigenvalue weighted by atomic mass is 10.0. The summed E-state index contributed by atoms with van der Waals surface area (Å²) in [5, 5.41) is 23.2. The van der Waals surface area contributed by atoms with Crippen molar-refractivity contribution in [2.24, 2.45) is 0 Å². The maximum Gasteiger partial charge on any atom is 0.408 e. The van der Waals surface area contributed by atoms with Gasteiger partial charge in [-0.05, 0) is 33.2 Å². The van der Waals surface area contributed by atoms with E-state index in [-0.39, 0.29) is 13.2 Å². The van der Waals surface area contributed by atoms with Crippen LogP contribution >= 0.6 is 0 Å². The molecule has 0 aliphatic rings. The summed E-state index contributed by atoms with van der Waals surface area (Å²) in [6.07, 6.45) is -1.51. The van der Waals surface area contributed by atoms with E-state index in [1.165, 1.54) is 4.68 Å². The number of tetrazole rings is 1. The molecule has 0 aliphatic heterocycles. The van der Waals surface area contributed by atoms with Crippen LogP contribution in [0.25, 0.3) is 22.5 Å². The maximum absolute atomic E-state index is 13.0. The number of carbonyl (C=O) groups excluding carboxylic acids is 2. The maximum atomic E-state index is 13.0. The van der Waals surface area contributed by atoms with Gasteiger partial charge < -0.3 is 15.2 Å². The average Bonchev–Trinajstić information content (AvgIpc) is 3.36. The van der Waals surface area contributed by atoms with E-state index >= 15 is 0 Å². The van der Waals surface area contributed by atoms with E-state index < -0.39 is 30.3 Å². The Balaban J connectivity index is 1.46. The van der Waals surface area contributed by atoms with Gasteiger partial charge in [-0.1, -0.05) is 78.9 Å². The lowest BCUT2D eigenvalue weighted by molar-refractivity contribution is -0.139. The molecule has 36 heavy (non-hydrogen) atoms. The van der Waals surface area contributed by atoms with Gasteiger partial charge in [0.2, 0.25) is 0 Å². The minimum Gasteiger partial charge on any atom is -0.481 e. The third-order valence-corrected chi connectivity index (χ3v) is 5.34. The molecule has 2 N–H and O–H groups in total. The topological polar surface area (TPSA) is 136 Å². The minimum absolute atomic E-state index is 0.0183. The fraction of sp³-hybridized carbons (Fsp3) is 0.154. The molecule has 0 saturated carbocycles. The summed E-state index contributed by atoms with van der Waals surface area (Å²) >= 11 is 0. The van der Waals surface area contributed by atoms with Gasteiger partial charge in [-0.2, -0.15) is 0 Å². The molecule has 1 aromatic heterocycles. The lowest BCUT2D eigenvalue weighted by Crippen LogP contribution is -2.44. The summed E-state index contributed by atoms with van der Waals surface area (Å²) < 4.78 is 6.41. The Hall–Kier alpha value is -4.86. The van der Waals surface area contributed by atoms with Crippen molar-refractivity contribution in [1.29, 1.82) is 0 Å². The first-order valence-corrected chi connectivity index (χ1v) is 11.1. The lowest BCUT2D eigenvalue weighted by Gasteiger charge is -2.16. The molecule has 3 aromatic carbocycles. The Morgan fingerprint density at radius 3 is 2.28 bits per heavy atom. The molecule has 4 aromatic rings. The molecule has 1 atom stereocenters. The molecule has 10 heteroatoms. The van der Waals surface area contributed by atoms with Gasteiger partial charge >= 0.3 is 12.1 Å². The van der Waals surface area contributed by atoms with Gasteiger partial charge in [0.25, 0.3) is 0 Å². The molecule has 0 aliphatic carbocycles. The normalized spacial score (nSPS) is 11.4. The molecule has 4 rings (SSSR count). The molecular weight excluding hydrogens is 462 g/mol. The summed E-state index contributed by atoms with van der Waals surface area (Å²) in [7, 11) is 0. The van der Waals surface area contributed by atoms with Crippen molar-refractivity contribution >= 4 is 17.8 Å². The summed E-state index contributed by atoms with van der Waals surface area (Å²) in [5.41, 5.74) is 3.39. The second kappa shape index (κ2) is 11.5. The summed E-state index contributed by atoms with van der Waals surface area (Å²) in [4.78, 5) is 36.6. The summed E-state index contributed by atoms with van der Waals surface area (Å²) in [6, 6.07) is 24.9. The molecular formula is C26H23N5O5. The molecule has 1 amide bonds. The van der Waals surface area contributed by atoms with Crippen LogP contribution in [0.3, 0.4) is 0 Å². The number of carboxylic acid groups (broad SMARTS) is 1. The molecule has 0 bridgehead atoms. The number of aliphatic carboxylic acids is 1. The zero-order valence-electron chi connectivity index (χ0n) is 19.2. The van der Waals surface area contributed by atoms with Crippen LogP contribution in [0.5, 0.6) is 0 Å². The van der Waals surface area contributed by atoms with Crippen LogP contribution in [0.15, 0.2) is 84.9 Å². The third-order valence-electron chi connectivity index (χ3n) is 5.34. The number of nitrogens with zero attached hydrogens (tertiary/aromatic N) is 4. The highest BCUT2D eigenvalue weighted by atomic mass is 16.5. The predicted octanol–water partition coefficient (Wildman–Crippen LogP) is 3.35. The third kappa shape index (κ3) is 6.38. The van der Waals surface area contributed by atoms with Gasteiger partial charge in [0, 0.05) is 5.56 Å². The number of hydrogen-bond acceptors (Lipinski definition) is 7. The standard InChI is InChI=1S/C26H23N5O5/c32-23(22(15-24(33)34)27-26(35)36-17-18-8-3-1-4-9-18)16-31-25(28-29-30-31)21-13-7-12-20(14-21)19-10-5-2-6-11-19/h1-14,22H,15-17H2,(H,27,35)(H,33,34). The number of carboxylic acids is 1. The van der Waals surface area contributed by atoms with E-state index in [9.17, 15) is 19.5 Å². The van der Waals surface area contributed by atoms with Crippen LogP contribution in [0, 0.1) is 0 Å².